The summed E-state index contributed by atoms with van der Waals surface area (Å²) in [6.07, 6.45) is 5.98. The van der Waals surface area contributed by atoms with Gasteiger partial charge in [0.15, 0.2) is 0 Å². The molecule has 2 aliphatic rings. The molecule has 0 radical (unpaired) electrons. The Labute approximate surface area is 192 Å². The summed E-state index contributed by atoms with van der Waals surface area (Å²) in [5, 5.41) is 1.02. The minimum Gasteiger partial charge on any atom is -0.383 e. The van der Waals surface area contributed by atoms with Crippen molar-refractivity contribution in [3.8, 4) is 0 Å². The number of carbonyl (C=O) groups is 2. The minimum absolute atomic E-state index is 0.0950. The average molecular weight is 458 g/mol. The van der Waals surface area contributed by atoms with Gasteiger partial charge in [-0.05, 0) is 30.9 Å². The van der Waals surface area contributed by atoms with Crippen molar-refractivity contribution in [3.05, 3.63) is 40.9 Å². The number of methoxy groups -OCH3 is 1. The van der Waals surface area contributed by atoms with Gasteiger partial charge in [0.05, 0.1) is 18.1 Å². The molecule has 1 aromatic heterocycles. The summed E-state index contributed by atoms with van der Waals surface area (Å²) in [4.78, 5) is 29.9. The van der Waals surface area contributed by atoms with E-state index >= 15 is 0 Å². The van der Waals surface area contributed by atoms with E-state index in [1.165, 1.54) is 11.8 Å². The molecule has 4 rings (SSSR count). The summed E-state index contributed by atoms with van der Waals surface area (Å²) in [6.45, 7) is 5.09. The Morgan fingerprint density at radius 3 is 2.77 bits per heavy atom. The lowest BCUT2D eigenvalue weighted by Crippen LogP contribution is -2.39. The zero-order chi connectivity index (χ0) is 22.0. The molecule has 0 spiro atoms. The standard InChI is InChI=1S/C23H27N3O3S2/c1-16-7-9-24(10-8-16)21(27)15-25-14-17(18-5-3-4-6-19(18)25)13-20-22(28)26(11-12-29-2)23(30)31-20/h3-6,13-14,16H,7-12,15H2,1-2H3/b20-13-. The van der Waals surface area contributed by atoms with Gasteiger partial charge in [0, 0.05) is 42.9 Å². The second-order valence-electron chi connectivity index (χ2n) is 8.12. The number of nitrogens with zero attached hydrogens (tertiary/aromatic N) is 3. The highest BCUT2D eigenvalue weighted by molar-refractivity contribution is 8.26. The fourth-order valence-electron chi connectivity index (χ4n) is 4.04. The lowest BCUT2D eigenvalue weighted by Gasteiger charge is -2.30. The fourth-order valence-corrected chi connectivity index (χ4v) is 5.34. The predicted molar refractivity (Wildman–Crippen MR) is 129 cm³/mol. The Balaban J connectivity index is 1.59. The quantitative estimate of drug-likeness (QED) is 0.489. The number of para-hydroxylation sites is 1. The molecule has 0 saturated carbocycles. The molecule has 6 nitrogen and oxygen atoms in total. The predicted octanol–water partition coefficient (Wildman–Crippen LogP) is 3.75. The summed E-state index contributed by atoms with van der Waals surface area (Å²) in [5.41, 5.74) is 1.91. The third kappa shape index (κ3) is 4.71. The molecule has 3 heterocycles. The minimum atomic E-state index is -0.0950. The maximum atomic E-state index is 12.9. The van der Waals surface area contributed by atoms with Crippen LogP contribution in [0.25, 0.3) is 17.0 Å². The Morgan fingerprint density at radius 1 is 1.29 bits per heavy atom. The summed E-state index contributed by atoms with van der Waals surface area (Å²) >= 11 is 6.69. The number of thioether (sulfide) groups is 1. The smallest absolute Gasteiger partial charge is 0.266 e. The van der Waals surface area contributed by atoms with Gasteiger partial charge in [-0.2, -0.15) is 0 Å². The van der Waals surface area contributed by atoms with Crippen LogP contribution >= 0.6 is 24.0 Å². The number of amides is 2. The number of rotatable bonds is 6. The van der Waals surface area contributed by atoms with E-state index in [0.717, 1.165) is 42.4 Å². The van der Waals surface area contributed by atoms with E-state index in [4.69, 9.17) is 17.0 Å². The molecular weight excluding hydrogens is 430 g/mol. The molecular formula is C23H27N3O3S2. The number of aromatic nitrogens is 1. The van der Waals surface area contributed by atoms with Crippen LogP contribution in [0.1, 0.15) is 25.3 Å². The third-order valence-electron chi connectivity index (χ3n) is 5.94. The van der Waals surface area contributed by atoms with Gasteiger partial charge in [0.2, 0.25) is 5.91 Å². The first-order valence-electron chi connectivity index (χ1n) is 10.6. The number of ether oxygens (including phenoxy) is 1. The Morgan fingerprint density at radius 2 is 2.03 bits per heavy atom. The first-order chi connectivity index (χ1) is 15.0. The Hall–Kier alpha value is -2.16. The average Bonchev–Trinajstić information content (AvgIpc) is 3.24. The van der Waals surface area contributed by atoms with Gasteiger partial charge in [-0.25, -0.2) is 0 Å². The Kier molecular flexibility index (Phi) is 6.79. The molecule has 164 valence electrons. The van der Waals surface area contributed by atoms with Gasteiger partial charge in [-0.15, -0.1) is 0 Å². The van der Waals surface area contributed by atoms with Crippen LogP contribution in [0, 0.1) is 5.92 Å². The number of carbonyl (C=O) groups excluding carboxylic acids is 2. The first-order valence-corrected chi connectivity index (χ1v) is 11.8. The molecule has 2 amide bonds. The first kappa shape index (κ1) is 22.0. The van der Waals surface area contributed by atoms with Crippen molar-refractivity contribution in [2.45, 2.75) is 26.3 Å². The summed E-state index contributed by atoms with van der Waals surface area (Å²) < 4.78 is 7.63. The van der Waals surface area contributed by atoms with Crippen LogP contribution in [-0.2, 0) is 20.9 Å². The van der Waals surface area contributed by atoms with Gasteiger partial charge < -0.3 is 14.2 Å². The van der Waals surface area contributed by atoms with Crippen LogP contribution in [0.2, 0.25) is 0 Å². The van der Waals surface area contributed by atoms with Crippen molar-refractivity contribution < 1.29 is 14.3 Å². The second-order valence-corrected chi connectivity index (χ2v) is 9.79. The number of hydrogen-bond donors (Lipinski definition) is 0. The number of benzene rings is 1. The van der Waals surface area contributed by atoms with Crippen LogP contribution in [0.5, 0.6) is 0 Å². The lowest BCUT2D eigenvalue weighted by atomic mass is 9.99. The molecule has 31 heavy (non-hydrogen) atoms. The molecule has 0 bridgehead atoms. The summed E-state index contributed by atoms with van der Waals surface area (Å²) in [6, 6.07) is 7.99. The van der Waals surface area contributed by atoms with Crippen molar-refractivity contribution >= 4 is 57.1 Å². The maximum Gasteiger partial charge on any atom is 0.266 e. The van der Waals surface area contributed by atoms with Crippen molar-refractivity contribution in [1.29, 1.82) is 0 Å². The van der Waals surface area contributed by atoms with Gasteiger partial charge >= 0.3 is 0 Å². The van der Waals surface area contributed by atoms with E-state index in [9.17, 15) is 9.59 Å². The molecule has 2 saturated heterocycles. The van der Waals surface area contributed by atoms with Gasteiger partial charge in [-0.1, -0.05) is 49.1 Å². The fraction of sp³-hybridized carbons (Fsp3) is 0.435. The van der Waals surface area contributed by atoms with Crippen LogP contribution in [-0.4, -0.2) is 63.9 Å². The number of likely N-dealkylation sites (tertiary alicyclic amines) is 1. The summed E-state index contributed by atoms with van der Waals surface area (Å²) in [5.74, 6) is 0.734. The van der Waals surface area contributed by atoms with Gasteiger partial charge in [-0.3, -0.25) is 14.5 Å². The third-order valence-corrected chi connectivity index (χ3v) is 7.32. The van der Waals surface area contributed by atoms with E-state index in [0.29, 0.717) is 34.8 Å². The van der Waals surface area contributed by atoms with Crippen molar-refractivity contribution in [3.63, 3.8) is 0 Å². The van der Waals surface area contributed by atoms with Gasteiger partial charge in [0.25, 0.3) is 5.91 Å². The van der Waals surface area contributed by atoms with Crippen LogP contribution in [0.4, 0.5) is 0 Å². The maximum absolute atomic E-state index is 12.9. The highest BCUT2D eigenvalue weighted by atomic mass is 32.2. The molecule has 2 aliphatic heterocycles. The molecule has 2 aromatic rings. The van der Waals surface area contributed by atoms with E-state index in [1.807, 2.05) is 46.0 Å². The zero-order valence-electron chi connectivity index (χ0n) is 17.9. The van der Waals surface area contributed by atoms with Gasteiger partial charge in [0.1, 0.15) is 10.9 Å². The molecule has 2 fully saturated rings. The summed E-state index contributed by atoms with van der Waals surface area (Å²) in [7, 11) is 1.61. The molecule has 0 unspecified atom stereocenters. The van der Waals surface area contributed by atoms with E-state index < -0.39 is 0 Å². The number of fused-ring (bicyclic) bond motifs is 1. The molecule has 0 aliphatic carbocycles. The normalized spacial score (nSPS) is 19.2. The SMILES string of the molecule is COCCN1C(=O)/C(=C/c2cn(CC(=O)N3CCC(C)CC3)c3ccccc23)SC1=S. The Bertz CT molecular complexity index is 1040. The van der Waals surface area contributed by atoms with Crippen molar-refractivity contribution in [1.82, 2.24) is 14.4 Å². The number of piperidine rings is 1. The van der Waals surface area contributed by atoms with Crippen LogP contribution < -0.4 is 0 Å². The molecule has 0 atom stereocenters. The van der Waals surface area contributed by atoms with Crippen molar-refractivity contribution in [2.24, 2.45) is 5.92 Å². The molecule has 8 heteroatoms. The molecule has 1 aromatic carbocycles. The highest BCUT2D eigenvalue weighted by Crippen LogP contribution is 2.34. The molecule has 0 N–H and O–H groups in total. The van der Waals surface area contributed by atoms with E-state index in [-0.39, 0.29) is 11.8 Å². The van der Waals surface area contributed by atoms with Crippen LogP contribution in [0.15, 0.2) is 35.4 Å². The van der Waals surface area contributed by atoms with Crippen LogP contribution in [0.3, 0.4) is 0 Å². The lowest BCUT2D eigenvalue weighted by molar-refractivity contribution is -0.133. The number of hydrogen-bond acceptors (Lipinski definition) is 5. The highest BCUT2D eigenvalue weighted by Gasteiger charge is 2.32. The number of thiocarbonyl (C=S) groups is 1. The largest absolute Gasteiger partial charge is 0.383 e. The topological polar surface area (TPSA) is 54.8 Å². The second kappa shape index (κ2) is 9.54. The van der Waals surface area contributed by atoms with Crippen molar-refractivity contribution in [2.75, 3.05) is 33.4 Å². The zero-order valence-corrected chi connectivity index (χ0v) is 19.5. The van der Waals surface area contributed by atoms with E-state index in [2.05, 4.69) is 6.92 Å². The van der Waals surface area contributed by atoms with E-state index in [1.54, 1.807) is 12.0 Å². The monoisotopic (exact) mass is 457 g/mol.